The molecule has 0 radical (unpaired) electrons. The van der Waals surface area contributed by atoms with E-state index >= 15 is 0 Å². The summed E-state index contributed by atoms with van der Waals surface area (Å²) in [5.74, 6) is -6.65. The van der Waals surface area contributed by atoms with Gasteiger partial charge >= 0.3 is 0 Å². The average molecular weight is 520 g/mol. The molecule has 0 spiro atoms. The molecule has 0 aromatic rings. The lowest BCUT2D eigenvalue weighted by atomic mass is 9.84. The van der Waals surface area contributed by atoms with Crippen molar-refractivity contribution in [2.24, 2.45) is 0 Å². The van der Waals surface area contributed by atoms with Crippen LogP contribution < -0.4 is 0 Å². The first kappa shape index (κ1) is 28.9. The van der Waals surface area contributed by atoms with Gasteiger partial charge in [0.25, 0.3) is 0 Å². The van der Waals surface area contributed by atoms with Crippen LogP contribution in [0.3, 0.4) is 0 Å². The van der Waals surface area contributed by atoms with Gasteiger partial charge < -0.3 is 85.3 Å². The van der Waals surface area contributed by atoms with Crippen molar-refractivity contribution in [3.8, 4) is 0 Å². The normalized spacial score (nSPS) is 54.1. The Balaban J connectivity index is 1.85. The van der Waals surface area contributed by atoms with Gasteiger partial charge in [0.15, 0.2) is 12.4 Å². The van der Waals surface area contributed by atoms with Crippen molar-refractivity contribution in [3.05, 3.63) is 0 Å². The molecule has 0 amide bonds. The minimum atomic E-state index is -3.35. The highest BCUT2D eigenvalue weighted by Gasteiger charge is 2.68. The van der Waals surface area contributed by atoms with Crippen LogP contribution in [0.5, 0.6) is 0 Å². The van der Waals surface area contributed by atoms with E-state index in [0.717, 1.165) is 0 Å². The highest BCUT2D eigenvalue weighted by Crippen LogP contribution is 2.42. The Bertz CT molecular complexity index is 711. The number of hydrogen-bond donors (Lipinski definition) is 13. The summed E-state index contributed by atoms with van der Waals surface area (Å²) in [4.78, 5) is 0. The molecule has 15 atom stereocenters. The van der Waals surface area contributed by atoms with E-state index in [1.165, 1.54) is 0 Å². The quantitative estimate of drug-likeness (QED) is 0.148. The van der Waals surface area contributed by atoms with Crippen molar-refractivity contribution in [2.45, 2.75) is 91.1 Å². The molecule has 2 unspecified atom stereocenters. The second kappa shape index (κ2) is 10.6. The monoisotopic (exact) mass is 520 g/mol. The van der Waals surface area contributed by atoms with Gasteiger partial charge in [-0.2, -0.15) is 0 Å². The van der Waals surface area contributed by atoms with Gasteiger partial charge in [-0.3, -0.25) is 0 Å². The molecule has 35 heavy (non-hydrogen) atoms. The van der Waals surface area contributed by atoms with Crippen molar-refractivity contribution in [3.63, 3.8) is 0 Å². The summed E-state index contributed by atoms with van der Waals surface area (Å²) >= 11 is 0. The molecule has 3 aliphatic heterocycles. The Morgan fingerprint density at radius 3 is 1.66 bits per heavy atom. The van der Waals surface area contributed by atoms with Gasteiger partial charge in [-0.05, 0) is 0 Å². The van der Waals surface area contributed by atoms with E-state index in [-0.39, 0.29) is 0 Å². The van der Waals surface area contributed by atoms with Crippen LogP contribution in [0.1, 0.15) is 0 Å². The van der Waals surface area contributed by atoms with Gasteiger partial charge in [-0.15, -0.1) is 0 Å². The maximum absolute atomic E-state index is 10.9. The summed E-state index contributed by atoms with van der Waals surface area (Å²) in [5.41, 5.74) is 0. The fourth-order valence-corrected chi connectivity index (χ4v) is 4.38. The second-order valence-corrected chi connectivity index (χ2v) is 8.75. The second-order valence-electron chi connectivity index (χ2n) is 8.75. The molecule has 0 aliphatic carbocycles. The molecule has 17 nitrogen and oxygen atoms in total. The molecule has 206 valence electrons. The zero-order valence-corrected chi connectivity index (χ0v) is 18.1. The van der Waals surface area contributed by atoms with Gasteiger partial charge in [-0.1, -0.05) is 0 Å². The first-order valence-corrected chi connectivity index (χ1v) is 10.7. The van der Waals surface area contributed by atoms with E-state index < -0.39 is 111 Å². The Morgan fingerprint density at radius 2 is 1.11 bits per heavy atom. The van der Waals surface area contributed by atoms with Crippen LogP contribution in [0.2, 0.25) is 0 Å². The first-order valence-electron chi connectivity index (χ1n) is 10.7. The highest BCUT2D eigenvalue weighted by atomic mass is 16.7. The summed E-state index contributed by atoms with van der Waals surface area (Å²) in [6, 6.07) is 0. The largest absolute Gasteiger partial charge is 0.394 e. The van der Waals surface area contributed by atoms with Crippen molar-refractivity contribution < 1.29 is 85.3 Å². The molecule has 17 heteroatoms. The van der Waals surface area contributed by atoms with E-state index in [2.05, 4.69) is 0 Å². The van der Waals surface area contributed by atoms with Crippen molar-refractivity contribution in [1.82, 2.24) is 0 Å². The van der Waals surface area contributed by atoms with E-state index in [1.807, 2.05) is 0 Å². The van der Waals surface area contributed by atoms with E-state index in [9.17, 15) is 66.4 Å². The van der Waals surface area contributed by atoms with Crippen molar-refractivity contribution in [2.75, 3.05) is 19.8 Å². The zero-order valence-electron chi connectivity index (χ0n) is 18.1. The smallest absolute Gasteiger partial charge is 0.227 e. The summed E-state index contributed by atoms with van der Waals surface area (Å²) in [5, 5.41) is 131. The van der Waals surface area contributed by atoms with Crippen LogP contribution in [-0.2, 0) is 18.9 Å². The molecule has 3 saturated heterocycles. The van der Waals surface area contributed by atoms with Crippen LogP contribution in [0.15, 0.2) is 0 Å². The molecule has 3 heterocycles. The lowest BCUT2D eigenvalue weighted by molar-refractivity contribution is -0.418. The summed E-state index contributed by atoms with van der Waals surface area (Å²) in [7, 11) is 0. The molecule has 3 rings (SSSR count). The SMILES string of the molecule is OC[C@H]1O[C@@](O)(C(O)[C@@]2(O)O[C@H](CO)[C@@H](OC3O[C@H](CO)[C@H](O)[C@H](O)[C@H]3O)[C@@H]2O)[C@H](O)[C@@H](O)[C@H]1O. The third kappa shape index (κ3) is 4.71. The van der Waals surface area contributed by atoms with Gasteiger partial charge in [0, 0.05) is 0 Å². The van der Waals surface area contributed by atoms with Crippen LogP contribution in [0.25, 0.3) is 0 Å². The van der Waals surface area contributed by atoms with E-state index in [4.69, 9.17) is 18.9 Å². The third-order valence-electron chi connectivity index (χ3n) is 6.54. The maximum Gasteiger partial charge on any atom is 0.227 e. The number of rotatable bonds is 7. The standard InChI is InChI=1S/C18H32O17/c19-1-4-7(22)9(24)11(26)15(32-4)33-12-6(3-21)35-18(31,14(12)28)16(29)17(30)13(27)10(25)8(23)5(2-20)34-17/h4-16,19-31H,1-3H2/t4-,5-,6-,7+,8+,9+,10+,11-,12-,13-,14+,15?,16?,17-,18+/m1/s1. The Labute approximate surface area is 197 Å². The van der Waals surface area contributed by atoms with Gasteiger partial charge in [0.05, 0.1) is 19.8 Å². The molecule has 0 saturated carbocycles. The molecule has 3 fully saturated rings. The Hall–Kier alpha value is -0.680. The summed E-state index contributed by atoms with van der Waals surface area (Å²) < 4.78 is 20.5. The molecular formula is C18H32O17. The Morgan fingerprint density at radius 1 is 0.629 bits per heavy atom. The first-order chi connectivity index (χ1) is 16.3. The minimum Gasteiger partial charge on any atom is -0.394 e. The van der Waals surface area contributed by atoms with E-state index in [1.54, 1.807) is 0 Å². The Kier molecular flexibility index (Phi) is 8.74. The number of aliphatic hydroxyl groups excluding tert-OH is 11. The summed E-state index contributed by atoms with van der Waals surface area (Å²) in [6.45, 7) is -2.83. The molecular weight excluding hydrogens is 488 g/mol. The number of aliphatic hydroxyl groups is 13. The predicted molar refractivity (Wildman–Crippen MR) is 102 cm³/mol. The lowest BCUT2D eigenvalue weighted by Crippen LogP contribution is -2.74. The number of hydrogen-bond acceptors (Lipinski definition) is 17. The average Bonchev–Trinajstić information content (AvgIpc) is 3.10. The third-order valence-corrected chi connectivity index (χ3v) is 6.54. The number of ether oxygens (including phenoxy) is 4. The maximum atomic E-state index is 10.9. The van der Waals surface area contributed by atoms with Gasteiger partial charge in [0.2, 0.25) is 11.6 Å². The van der Waals surface area contributed by atoms with Crippen molar-refractivity contribution in [1.29, 1.82) is 0 Å². The van der Waals surface area contributed by atoms with Crippen LogP contribution in [0.4, 0.5) is 0 Å². The molecule has 3 aliphatic rings. The molecule has 0 aromatic carbocycles. The predicted octanol–water partition coefficient (Wildman–Crippen LogP) is -8.86. The topological polar surface area (TPSA) is 300 Å². The summed E-state index contributed by atoms with van der Waals surface area (Å²) in [6.07, 6.45) is -26.0. The highest BCUT2D eigenvalue weighted by molar-refractivity contribution is 5.09. The van der Waals surface area contributed by atoms with Gasteiger partial charge in [0.1, 0.15) is 67.1 Å². The minimum absolute atomic E-state index is 0.816. The fourth-order valence-electron chi connectivity index (χ4n) is 4.38. The zero-order chi connectivity index (χ0) is 26.5. The molecule has 0 aromatic heterocycles. The molecule has 0 bridgehead atoms. The van der Waals surface area contributed by atoms with Crippen LogP contribution >= 0.6 is 0 Å². The van der Waals surface area contributed by atoms with Crippen LogP contribution in [-0.4, -0.2) is 177 Å². The molecule has 13 N–H and O–H groups in total. The van der Waals surface area contributed by atoms with Gasteiger partial charge in [-0.25, -0.2) is 0 Å². The lowest BCUT2D eigenvalue weighted by Gasteiger charge is -2.50. The van der Waals surface area contributed by atoms with Crippen molar-refractivity contribution >= 4 is 0 Å². The fraction of sp³-hybridized carbons (Fsp3) is 1.00. The van der Waals surface area contributed by atoms with E-state index in [0.29, 0.717) is 0 Å². The van der Waals surface area contributed by atoms with Crippen LogP contribution in [0, 0.1) is 0 Å².